The lowest BCUT2D eigenvalue weighted by molar-refractivity contribution is -0.127. The van der Waals surface area contributed by atoms with Gasteiger partial charge in [-0.2, -0.15) is 0 Å². The van der Waals surface area contributed by atoms with Gasteiger partial charge in [0.1, 0.15) is 5.82 Å². The fraction of sp³-hybridized carbons (Fsp3) is 0.250. The highest BCUT2D eigenvalue weighted by molar-refractivity contribution is 5.86. The number of likely N-dealkylation sites (tertiary alicyclic amines) is 1. The molecule has 4 nitrogen and oxygen atoms in total. The monoisotopic (exact) mass is 369 g/mol. The second kappa shape index (κ2) is 6.79. The molecule has 0 aliphatic carbocycles. The maximum Gasteiger partial charge on any atom is 0.223 e. The maximum absolute atomic E-state index is 12.3. The number of rotatable bonds is 4. The third kappa shape index (κ3) is 2.76. The van der Waals surface area contributed by atoms with Crippen LogP contribution in [0.1, 0.15) is 30.7 Å². The second-order valence-corrected chi connectivity index (χ2v) is 7.52. The number of likely N-dealkylation sites (N-methyl/N-ethyl adjacent to an activating group) is 1. The number of fused-ring (bicyclic) bond motifs is 2. The number of hydrogen-bond acceptors (Lipinski definition) is 2. The van der Waals surface area contributed by atoms with E-state index in [1.807, 2.05) is 17.9 Å². The highest BCUT2D eigenvalue weighted by Gasteiger charge is 2.33. The predicted octanol–water partition coefficient (Wildman–Crippen LogP) is 4.57. The molecule has 1 amide bonds. The van der Waals surface area contributed by atoms with Crippen LogP contribution in [0.3, 0.4) is 0 Å². The lowest BCUT2D eigenvalue weighted by Crippen LogP contribution is -2.24. The highest BCUT2D eigenvalue weighted by atomic mass is 16.2. The zero-order valence-electron chi connectivity index (χ0n) is 16.0. The summed E-state index contributed by atoms with van der Waals surface area (Å²) >= 11 is 0. The zero-order chi connectivity index (χ0) is 19.1. The average Bonchev–Trinajstić information content (AvgIpc) is 3.28. The van der Waals surface area contributed by atoms with E-state index in [9.17, 15) is 4.79 Å². The van der Waals surface area contributed by atoms with Crippen molar-refractivity contribution in [3.63, 3.8) is 0 Å². The van der Waals surface area contributed by atoms with Crippen molar-refractivity contribution in [1.29, 1.82) is 0 Å². The molecule has 1 aliphatic heterocycles. The molecule has 1 saturated heterocycles. The quantitative estimate of drug-likeness (QED) is 0.528. The van der Waals surface area contributed by atoms with Gasteiger partial charge in [0.25, 0.3) is 0 Å². The summed E-state index contributed by atoms with van der Waals surface area (Å²) in [5.41, 5.74) is 3.41. The van der Waals surface area contributed by atoms with Crippen LogP contribution >= 0.6 is 0 Å². The van der Waals surface area contributed by atoms with Crippen LogP contribution in [0.4, 0.5) is 0 Å². The molecule has 1 aliphatic rings. The van der Waals surface area contributed by atoms with Crippen molar-refractivity contribution in [2.45, 2.75) is 25.8 Å². The number of benzene rings is 3. The summed E-state index contributed by atoms with van der Waals surface area (Å²) in [7, 11) is 0. The zero-order valence-corrected chi connectivity index (χ0v) is 16.0. The second-order valence-electron chi connectivity index (χ2n) is 7.52. The lowest BCUT2D eigenvalue weighted by Gasteiger charge is -2.16. The first-order valence-electron chi connectivity index (χ1n) is 9.94. The largest absolute Gasteiger partial charge is 0.342 e. The summed E-state index contributed by atoms with van der Waals surface area (Å²) < 4.78 is 2.31. The Morgan fingerprint density at radius 2 is 1.79 bits per heavy atom. The molecule has 0 spiro atoms. The fourth-order valence-electron chi connectivity index (χ4n) is 4.42. The summed E-state index contributed by atoms with van der Waals surface area (Å²) in [6.07, 6.45) is 0.548. The van der Waals surface area contributed by atoms with E-state index in [-0.39, 0.29) is 11.8 Å². The summed E-state index contributed by atoms with van der Waals surface area (Å²) in [4.78, 5) is 19.2. The molecule has 0 N–H and O–H groups in total. The standard InChI is InChI=1S/C24H23N3O/c1-2-26-15-19(14-23(26)28)24-25-21-12-5-6-13-22(21)27(24)16-18-10-7-9-17-8-3-4-11-20(17)18/h3-13,19H,2,14-16H2,1H3/t19-/m1/s1. The summed E-state index contributed by atoms with van der Waals surface area (Å²) in [6.45, 7) is 4.32. The molecule has 5 rings (SSSR count). The lowest BCUT2D eigenvalue weighted by atomic mass is 10.0. The maximum atomic E-state index is 12.3. The molecule has 4 heteroatoms. The van der Waals surface area contributed by atoms with Gasteiger partial charge in [-0.15, -0.1) is 0 Å². The fourth-order valence-corrected chi connectivity index (χ4v) is 4.42. The number of nitrogens with zero attached hydrogens (tertiary/aromatic N) is 3. The Balaban J connectivity index is 1.63. The number of hydrogen-bond donors (Lipinski definition) is 0. The molecule has 4 aromatic rings. The number of para-hydroxylation sites is 2. The first kappa shape index (κ1) is 17.0. The molecule has 0 unspecified atom stereocenters. The molecule has 0 saturated carbocycles. The van der Waals surface area contributed by atoms with Crippen LogP contribution in [0.25, 0.3) is 21.8 Å². The average molecular weight is 369 g/mol. The van der Waals surface area contributed by atoms with Crippen molar-refractivity contribution in [3.8, 4) is 0 Å². The van der Waals surface area contributed by atoms with Crippen molar-refractivity contribution >= 4 is 27.7 Å². The van der Waals surface area contributed by atoms with Gasteiger partial charge in [-0.05, 0) is 35.4 Å². The van der Waals surface area contributed by atoms with Gasteiger partial charge >= 0.3 is 0 Å². The third-order valence-corrected chi connectivity index (χ3v) is 5.85. The molecule has 0 radical (unpaired) electrons. The van der Waals surface area contributed by atoms with Crippen LogP contribution < -0.4 is 0 Å². The van der Waals surface area contributed by atoms with E-state index in [1.54, 1.807) is 0 Å². The van der Waals surface area contributed by atoms with Gasteiger partial charge in [0.05, 0.1) is 11.0 Å². The van der Waals surface area contributed by atoms with Gasteiger partial charge in [-0.3, -0.25) is 4.79 Å². The van der Waals surface area contributed by atoms with E-state index in [2.05, 4.69) is 65.2 Å². The van der Waals surface area contributed by atoms with Gasteiger partial charge < -0.3 is 9.47 Å². The van der Waals surface area contributed by atoms with E-state index in [1.165, 1.54) is 16.3 Å². The van der Waals surface area contributed by atoms with Crippen molar-refractivity contribution in [2.75, 3.05) is 13.1 Å². The first-order chi connectivity index (χ1) is 13.7. The van der Waals surface area contributed by atoms with Crippen LogP contribution in [0.2, 0.25) is 0 Å². The minimum atomic E-state index is 0.148. The number of amides is 1. The molecule has 1 atom stereocenters. The molecule has 3 aromatic carbocycles. The van der Waals surface area contributed by atoms with Crippen LogP contribution in [0.5, 0.6) is 0 Å². The molecule has 2 heterocycles. The molecule has 1 fully saturated rings. The normalized spacial score (nSPS) is 17.1. The Hall–Kier alpha value is -3.14. The Bertz CT molecular complexity index is 1170. The minimum Gasteiger partial charge on any atom is -0.342 e. The number of carbonyl (C=O) groups is 1. The molecule has 0 bridgehead atoms. The molecule has 28 heavy (non-hydrogen) atoms. The highest BCUT2D eigenvalue weighted by Crippen LogP contribution is 2.31. The minimum absolute atomic E-state index is 0.148. The molecular weight excluding hydrogens is 346 g/mol. The van der Waals surface area contributed by atoms with Crippen molar-refractivity contribution in [2.24, 2.45) is 0 Å². The topological polar surface area (TPSA) is 38.1 Å². The van der Waals surface area contributed by atoms with E-state index in [0.29, 0.717) is 6.42 Å². The predicted molar refractivity (Wildman–Crippen MR) is 112 cm³/mol. The Morgan fingerprint density at radius 3 is 2.64 bits per heavy atom. The van der Waals surface area contributed by atoms with Crippen molar-refractivity contribution in [3.05, 3.63) is 78.1 Å². The van der Waals surface area contributed by atoms with E-state index >= 15 is 0 Å². The van der Waals surface area contributed by atoms with Gasteiger partial charge in [-0.1, -0.05) is 54.6 Å². The molecular formula is C24H23N3O. The van der Waals surface area contributed by atoms with Crippen LogP contribution in [-0.4, -0.2) is 33.4 Å². The van der Waals surface area contributed by atoms with E-state index < -0.39 is 0 Å². The van der Waals surface area contributed by atoms with E-state index in [0.717, 1.165) is 36.5 Å². The van der Waals surface area contributed by atoms with Crippen LogP contribution in [0, 0.1) is 0 Å². The van der Waals surface area contributed by atoms with Gasteiger partial charge in [0, 0.05) is 32.0 Å². The van der Waals surface area contributed by atoms with E-state index in [4.69, 9.17) is 4.98 Å². The number of imidazole rings is 1. The van der Waals surface area contributed by atoms with Crippen LogP contribution in [-0.2, 0) is 11.3 Å². The number of carbonyl (C=O) groups excluding carboxylic acids is 1. The summed E-state index contributed by atoms with van der Waals surface area (Å²) in [5.74, 6) is 1.41. The smallest absolute Gasteiger partial charge is 0.223 e. The third-order valence-electron chi connectivity index (χ3n) is 5.85. The van der Waals surface area contributed by atoms with Crippen molar-refractivity contribution < 1.29 is 4.79 Å². The molecule has 140 valence electrons. The van der Waals surface area contributed by atoms with Gasteiger partial charge in [0.2, 0.25) is 5.91 Å². The Labute approximate surface area is 164 Å². The number of aromatic nitrogens is 2. The van der Waals surface area contributed by atoms with Gasteiger partial charge in [-0.25, -0.2) is 4.98 Å². The Kier molecular flexibility index (Phi) is 4.12. The molecule has 1 aromatic heterocycles. The first-order valence-corrected chi connectivity index (χ1v) is 9.94. The SMILES string of the molecule is CCN1C[C@H](c2nc3ccccc3n2Cc2cccc3ccccc23)CC1=O. The van der Waals surface area contributed by atoms with Crippen molar-refractivity contribution in [1.82, 2.24) is 14.5 Å². The summed E-state index contributed by atoms with van der Waals surface area (Å²) in [6, 6.07) is 23.3. The van der Waals surface area contributed by atoms with Crippen LogP contribution in [0.15, 0.2) is 66.7 Å². The summed E-state index contributed by atoms with van der Waals surface area (Å²) in [5, 5.41) is 2.52. The van der Waals surface area contributed by atoms with Gasteiger partial charge in [0.15, 0.2) is 0 Å². The Morgan fingerprint density at radius 1 is 1.00 bits per heavy atom.